The van der Waals surface area contributed by atoms with Crippen LogP contribution in [-0.4, -0.2) is 52.6 Å². The van der Waals surface area contributed by atoms with E-state index in [0.717, 1.165) is 6.42 Å². The van der Waals surface area contributed by atoms with E-state index in [1.165, 1.54) is 11.8 Å². The third-order valence-electron chi connectivity index (χ3n) is 3.43. The number of hydrogen-bond acceptors (Lipinski definition) is 6. The first-order chi connectivity index (χ1) is 12.6. The van der Waals surface area contributed by atoms with Crippen LogP contribution in [-0.2, 0) is 9.59 Å². The molecule has 2 rings (SSSR count). The summed E-state index contributed by atoms with van der Waals surface area (Å²) in [4.78, 5) is 34.5. The van der Waals surface area contributed by atoms with Crippen molar-refractivity contribution < 1.29 is 14.3 Å². The zero-order valence-electron chi connectivity index (χ0n) is 14.8. The van der Waals surface area contributed by atoms with Gasteiger partial charge < -0.3 is 15.0 Å². The fourth-order valence-corrected chi connectivity index (χ4v) is 2.96. The summed E-state index contributed by atoms with van der Waals surface area (Å²) in [5.41, 5.74) is 0.580. The smallest absolute Gasteiger partial charge is 0.244 e. The molecule has 138 valence electrons. The highest BCUT2D eigenvalue weighted by Gasteiger charge is 2.18. The van der Waals surface area contributed by atoms with Gasteiger partial charge in [0.15, 0.2) is 5.16 Å². The summed E-state index contributed by atoms with van der Waals surface area (Å²) in [5.74, 6) is 0.370. The van der Waals surface area contributed by atoms with Crippen LogP contribution in [0.15, 0.2) is 47.9 Å². The van der Waals surface area contributed by atoms with Crippen molar-refractivity contribution in [2.75, 3.05) is 31.3 Å². The molecule has 0 fully saturated rings. The van der Waals surface area contributed by atoms with E-state index in [2.05, 4.69) is 15.3 Å². The molecule has 0 radical (unpaired) electrons. The van der Waals surface area contributed by atoms with E-state index in [4.69, 9.17) is 4.74 Å². The Balaban J connectivity index is 1.93. The Morgan fingerprint density at radius 2 is 1.92 bits per heavy atom. The van der Waals surface area contributed by atoms with Crippen LogP contribution < -0.4 is 10.1 Å². The Hall–Kier alpha value is -2.61. The normalized spacial score (nSPS) is 10.2. The first-order valence-electron chi connectivity index (χ1n) is 8.24. The molecule has 1 aromatic heterocycles. The summed E-state index contributed by atoms with van der Waals surface area (Å²) >= 11 is 1.25. The van der Waals surface area contributed by atoms with Gasteiger partial charge in [-0.1, -0.05) is 30.8 Å². The second-order valence-electron chi connectivity index (χ2n) is 5.38. The lowest BCUT2D eigenvalue weighted by Gasteiger charge is -2.21. The number of anilines is 1. The fraction of sp³-hybridized carbons (Fsp3) is 0.333. The van der Waals surface area contributed by atoms with Gasteiger partial charge in [0.1, 0.15) is 5.75 Å². The second-order valence-corrected chi connectivity index (χ2v) is 6.33. The van der Waals surface area contributed by atoms with Crippen LogP contribution in [0.4, 0.5) is 5.69 Å². The van der Waals surface area contributed by atoms with E-state index in [1.807, 2.05) is 19.1 Å². The van der Waals surface area contributed by atoms with Crippen LogP contribution in [0.25, 0.3) is 0 Å². The second kappa shape index (κ2) is 10.4. The lowest BCUT2D eigenvalue weighted by atomic mass is 10.3. The molecular weight excluding hydrogens is 352 g/mol. The Kier molecular flexibility index (Phi) is 7.88. The van der Waals surface area contributed by atoms with Crippen molar-refractivity contribution in [3.05, 3.63) is 42.7 Å². The maximum atomic E-state index is 12.5. The predicted molar refractivity (Wildman–Crippen MR) is 101 cm³/mol. The number of ether oxygens (including phenoxy) is 1. The summed E-state index contributed by atoms with van der Waals surface area (Å²) in [6.07, 6.45) is 4.02. The van der Waals surface area contributed by atoms with Gasteiger partial charge in [0.05, 0.1) is 25.1 Å². The molecule has 7 nitrogen and oxygen atoms in total. The molecular formula is C18H22N4O3S. The minimum absolute atomic E-state index is 0.0130. The van der Waals surface area contributed by atoms with Gasteiger partial charge in [-0.05, 0) is 24.6 Å². The molecule has 0 atom stereocenters. The highest BCUT2D eigenvalue weighted by molar-refractivity contribution is 7.99. The molecule has 1 heterocycles. The largest absolute Gasteiger partial charge is 0.495 e. The van der Waals surface area contributed by atoms with Crippen molar-refractivity contribution in [1.82, 2.24) is 14.9 Å². The molecule has 0 aliphatic carbocycles. The maximum absolute atomic E-state index is 12.5. The predicted octanol–water partition coefficient (Wildman–Crippen LogP) is 2.45. The molecule has 0 saturated carbocycles. The van der Waals surface area contributed by atoms with Gasteiger partial charge in [-0.2, -0.15) is 0 Å². The van der Waals surface area contributed by atoms with E-state index in [9.17, 15) is 9.59 Å². The number of nitrogens with one attached hydrogen (secondary N) is 1. The maximum Gasteiger partial charge on any atom is 0.244 e. The summed E-state index contributed by atoms with van der Waals surface area (Å²) < 4.78 is 5.22. The number of amides is 2. The summed E-state index contributed by atoms with van der Waals surface area (Å²) in [6, 6.07) is 8.87. The highest BCUT2D eigenvalue weighted by atomic mass is 32.2. The van der Waals surface area contributed by atoms with Crippen LogP contribution in [0.5, 0.6) is 5.75 Å². The average molecular weight is 374 g/mol. The van der Waals surface area contributed by atoms with Crippen LogP contribution >= 0.6 is 11.8 Å². The molecule has 1 aromatic carbocycles. The average Bonchev–Trinajstić information content (AvgIpc) is 2.67. The number of para-hydroxylation sites is 2. The molecule has 2 amide bonds. The van der Waals surface area contributed by atoms with Crippen LogP contribution in [0.2, 0.25) is 0 Å². The number of hydrogen-bond donors (Lipinski definition) is 1. The number of aromatic nitrogens is 2. The van der Waals surface area contributed by atoms with E-state index in [0.29, 0.717) is 23.1 Å². The van der Waals surface area contributed by atoms with Gasteiger partial charge in [0.2, 0.25) is 11.8 Å². The third-order valence-corrected chi connectivity index (χ3v) is 4.29. The fourth-order valence-electron chi connectivity index (χ4n) is 2.25. The lowest BCUT2D eigenvalue weighted by Crippen LogP contribution is -2.39. The number of methoxy groups -OCH3 is 1. The molecule has 2 aromatic rings. The Bertz CT molecular complexity index is 727. The topological polar surface area (TPSA) is 84.4 Å². The minimum atomic E-state index is -0.266. The van der Waals surface area contributed by atoms with E-state index < -0.39 is 0 Å². The molecule has 0 spiro atoms. The monoisotopic (exact) mass is 374 g/mol. The van der Waals surface area contributed by atoms with Gasteiger partial charge in [-0.15, -0.1) is 0 Å². The van der Waals surface area contributed by atoms with Crippen molar-refractivity contribution in [1.29, 1.82) is 0 Å². The van der Waals surface area contributed by atoms with Crippen molar-refractivity contribution >= 4 is 29.3 Å². The number of carbonyl (C=O) groups excluding carboxylic acids is 2. The number of benzene rings is 1. The highest BCUT2D eigenvalue weighted by Crippen LogP contribution is 2.23. The molecule has 0 aliphatic heterocycles. The number of thioether (sulfide) groups is 1. The lowest BCUT2D eigenvalue weighted by molar-refractivity contribution is -0.132. The van der Waals surface area contributed by atoms with Crippen LogP contribution in [0.1, 0.15) is 13.3 Å². The molecule has 0 saturated heterocycles. The standard InChI is InChI=1S/C18H22N4O3S/c1-3-11-22(17(24)13-26-18-19-9-6-10-20-18)12-16(23)21-14-7-4-5-8-15(14)25-2/h4-10H,3,11-13H2,1-2H3,(H,21,23). The summed E-state index contributed by atoms with van der Waals surface area (Å²) in [7, 11) is 1.54. The van der Waals surface area contributed by atoms with Gasteiger partial charge in [0, 0.05) is 18.9 Å². The minimum Gasteiger partial charge on any atom is -0.495 e. The van der Waals surface area contributed by atoms with Crippen molar-refractivity contribution in [2.24, 2.45) is 0 Å². The molecule has 26 heavy (non-hydrogen) atoms. The van der Waals surface area contributed by atoms with Crippen molar-refractivity contribution in [2.45, 2.75) is 18.5 Å². The summed E-state index contributed by atoms with van der Waals surface area (Å²) in [6.45, 7) is 2.46. The first-order valence-corrected chi connectivity index (χ1v) is 9.23. The molecule has 0 bridgehead atoms. The van der Waals surface area contributed by atoms with Gasteiger partial charge >= 0.3 is 0 Å². The number of carbonyl (C=O) groups is 2. The summed E-state index contributed by atoms with van der Waals surface area (Å²) in [5, 5.41) is 3.33. The van der Waals surface area contributed by atoms with E-state index in [1.54, 1.807) is 42.6 Å². The number of nitrogens with zero attached hydrogens (tertiary/aromatic N) is 3. The number of rotatable bonds is 9. The Morgan fingerprint density at radius 1 is 1.19 bits per heavy atom. The molecule has 8 heteroatoms. The SMILES string of the molecule is CCCN(CC(=O)Nc1ccccc1OC)C(=O)CSc1ncccn1. The molecule has 1 N–H and O–H groups in total. The van der Waals surface area contributed by atoms with Gasteiger partial charge in [-0.3, -0.25) is 9.59 Å². The molecule has 0 unspecified atom stereocenters. The first kappa shape index (κ1) is 19.7. The Labute approximate surface area is 157 Å². The van der Waals surface area contributed by atoms with E-state index in [-0.39, 0.29) is 24.1 Å². The van der Waals surface area contributed by atoms with Crippen LogP contribution in [0.3, 0.4) is 0 Å². The third kappa shape index (κ3) is 6.03. The van der Waals surface area contributed by atoms with Crippen molar-refractivity contribution in [3.8, 4) is 5.75 Å². The molecule has 0 aliphatic rings. The Morgan fingerprint density at radius 3 is 2.62 bits per heavy atom. The van der Waals surface area contributed by atoms with E-state index >= 15 is 0 Å². The zero-order chi connectivity index (χ0) is 18.8. The van der Waals surface area contributed by atoms with Crippen molar-refractivity contribution in [3.63, 3.8) is 0 Å². The van der Waals surface area contributed by atoms with Gasteiger partial charge in [0.25, 0.3) is 0 Å². The van der Waals surface area contributed by atoms with Crippen LogP contribution in [0, 0.1) is 0 Å². The zero-order valence-corrected chi connectivity index (χ0v) is 15.7. The van der Waals surface area contributed by atoms with Gasteiger partial charge in [-0.25, -0.2) is 9.97 Å². The quantitative estimate of drug-likeness (QED) is 0.536.